The molecule has 218 valence electrons. The number of carbonyl (C=O) groups is 1. The predicted molar refractivity (Wildman–Crippen MR) is 168 cm³/mol. The Balaban J connectivity index is 1.14. The molecule has 5 rings (SSSR count). The number of fused-ring (bicyclic) bond motifs is 1. The Bertz CT molecular complexity index is 1070. The van der Waals surface area contributed by atoms with Crippen LogP contribution >= 0.6 is 11.8 Å². The van der Waals surface area contributed by atoms with Crippen molar-refractivity contribution in [3.63, 3.8) is 0 Å². The minimum atomic E-state index is -0.218. The highest BCUT2D eigenvalue weighted by atomic mass is 32.2. The van der Waals surface area contributed by atoms with Gasteiger partial charge in [0.05, 0.1) is 12.3 Å². The molecule has 2 aromatic rings. The average Bonchev–Trinajstić information content (AvgIpc) is 3.01. The van der Waals surface area contributed by atoms with Crippen LogP contribution < -0.4 is 9.64 Å². The van der Waals surface area contributed by atoms with Crippen molar-refractivity contribution in [2.24, 2.45) is 0 Å². The van der Waals surface area contributed by atoms with Crippen LogP contribution in [0, 0.1) is 0 Å². The molecular weight excluding hydrogens is 514 g/mol. The monoisotopic (exact) mass is 563 g/mol. The highest BCUT2D eigenvalue weighted by Crippen LogP contribution is 2.46. The fourth-order valence-corrected chi connectivity index (χ4v) is 8.02. The van der Waals surface area contributed by atoms with Gasteiger partial charge in [-0.05, 0) is 89.0 Å². The number of hydrogen-bond acceptors (Lipinski definition) is 5. The van der Waals surface area contributed by atoms with Crippen molar-refractivity contribution in [3.8, 4) is 5.75 Å². The zero-order valence-electron chi connectivity index (χ0n) is 24.7. The lowest BCUT2D eigenvalue weighted by molar-refractivity contribution is -0.118. The Labute approximate surface area is 246 Å². The lowest BCUT2D eigenvalue weighted by atomic mass is 9.94. The number of thioether (sulfide) groups is 1. The second-order valence-electron chi connectivity index (χ2n) is 12.1. The molecule has 3 aliphatic rings. The van der Waals surface area contributed by atoms with Gasteiger partial charge in [-0.1, -0.05) is 62.8 Å². The molecule has 0 spiro atoms. The van der Waals surface area contributed by atoms with Crippen LogP contribution in [0.25, 0.3) is 0 Å². The highest BCUT2D eigenvalue weighted by molar-refractivity contribution is 8.00. The summed E-state index contributed by atoms with van der Waals surface area (Å²) in [5, 5.41) is -0.218. The van der Waals surface area contributed by atoms with Gasteiger partial charge < -0.3 is 19.4 Å². The molecule has 1 heterocycles. The van der Waals surface area contributed by atoms with Gasteiger partial charge in [-0.3, -0.25) is 4.79 Å². The van der Waals surface area contributed by atoms with E-state index in [9.17, 15) is 4.79 Å². The smallest absolute Gasteiger partial charge is 0.245 e. The maximum Gasteiger partial charge on any atom is 0.245 e. The summed E-state index contributed by atoms with van der Waals surface area (Å²) in [5.41, 5.74) is 2.12. The molecule has 1 unspecified atom stereocenters. The van der Waals surface area contributed by atoms with Crippen LogP contribution in [-0.4, -0.2) is 68.1 Å². The van der Waals surface area contributed by atoms with E-state index in [2.05, 4.69) is 54.2 Å². The molecule has 0 aromatic heterocycles. The number of nitrogens with zero attached hydrogens (tertiary/aromatic N) is 3. The van der Waals surface area contributed by atoms with Crippen LogP contribution in [0.1, 0.15) is 87.9 Å². The number of ether oxygens (including phenoxy) is 1. The van der Waals surface area contributed by atoms with E-state index < -0.39 is 0 Å². The van der Waals surface area contributed by atoms with Gasteiger partial charge in [-0.2, -0.15) is 0 Å². The third kappa shape index (κ3) is 7.63. The van der Waals surface area contributed by atoms with Crippen LogP contribution in [0.2, 0.25) is 0 Å². The fourth-order valence-electron chi connectivity index (χ4n) is 6.79. The lowest BCUT2D eigenvalue weighted by Gasteiger charge is -2.35. The number of benzene rings is 2. The second-order valence-corrected chi connectivity index (χ2v) is 13.3. The van der Waals surface area contributed by atoms with E-state index in [-0.39, 0.29) is 11.2 Å². The number of amides is 1. The summed E-state index contributed by atoms with van der Waals surface area (Å²) in [7, 11) is 4.53. The number of carbonyl (C=O) groups excluding carboxylic acids is 1. The first-order valence-corrected chi connectivity index (χ1v) is 16.7. The molecule has 0 bridgehead atoms. The minimum Gasteiger partial charge on any atom is -0.494 e. The number of para-hydroxylation sites is 1. The molecule has 0 radical (unpaired) electrons. The summed E-state index contributed by atoms with van der Waals surface area (Å²) < 4.78 is 6.08. The largest absolute Gasteiger partial charge is 0.494 e. The van der Waals surface area contributed by atoms with Crippen molar-refractivity contribution in [1.82, 2.24) is 9.80 Å². The standard InChI is InChI=1S/C34H49N3O2S/c1-35(28-13-5-3-6-14-28)23-11-25-37-31-17-9-10-18-32(31)40-33(34(37)38)27-19-21-30(22-20-27)39-26-12-24-36(2)29-15-7-4-8-16-29/h9-10,17-22,28-29,33H,3-8,11-16,23-26H2,1-2H3. The first-order chi connectivity index (χ1) is 19.6. The first kappa shape index (κ1) is 29.5. The van der Waals surface area contributed by atoms with Crippen LogP contribution in [0.15, 0.2) is 53.4 Å². The van der Waals surface area contributed by atoms with E-state index in [0.29, 0.717) is 6.04 Å². The van der Waals surface area contributed by atoms with Gasteiger partial charge in [0.1, 0.15) is 11.0 Å². The van der Waals surface area contributed by atoms with Crippen LogP contribution in [0.3, 0.4) is 0 Å². The normalized spacial score (nSPS) is 20.8. The third-order valence-electron chi connectivity index (χ3n) is 9.29. The Morgan fingerprint density at radius 3 is 2.05 bits per heavy atom. The van der Waals surface area contributed by atoms with Crippen molar-refractivity contribution in [3.05, 3.63) is 54.1 Å². The van der Waals surface area contributed by atoms with Crippen molar-refractivity contribution in [2.45, 2.75) is 99.3 Å². The maximum atomic E-state index is 13.8. The minimum absolute atomic E-state index is 0.198. The van der Waals surface area contributed by atoms with Gasteiger partial charge in [0, 0.05) is 30.1 Å². The molecular formula is C34H49N3O2S. The summed E-state index contributed by atoms with van der Waals surface area (Å²) in [6, 6.07) is 18.1. The van der Waals surface area contributed by atoms with Crippen LogP contribution in [-0.2, 0) is 4.79 Å². The Morgan fingerprint density at radius 2 is 1.40 bits per heavy atom. The molecule has 6 heteroatoms. The van der Waals surface area contributed by atoms with E-state index in [1.165, 1.54) is 69.1 Å². The van der Waals surface area contributed by atoms with Gasteiger partial charge in [0.15, 0.2) is 0 Å². The summed E-state index contributed by atoms with van der Waals surface area (Å²) in [6.07, 6.45) is 15.6. The van der Waals surface area contributed by atoms with Gasteiger partial charge in [-0.25, -0.2) is 0 Å². The topological polar surface area (TPSA) is 36.0 Å². The molecule has 2 aliphatic carbocycles. The molecule has 2 fully saturated rings. The van der Waals surface area contributed by atoms with Gasteiger partial charge in [0.25, 0.3) is 0 Å². The van der Waals surface area contributed by atoms with E-state index in [1.54, 1.807) is 11.8 Å². The summed E-state index contributed by atoms with van der Waals surface area (Å²) in [4.78, 5) is 22.1. The van der Waals surface area contributed by atoms with E-state index in [1.807, 2.05) is 23.1 Å². The van der Waals surface area contributed by atoms with Crippen molar-refractivity contribution >= 4 is 23.4 Å². The quantitative estimate of drug-likeness (QED) is 0.249. The number of hydrogen-bond donors (Lipinski definition) is 0. The lowest BCUT2D eigenvalue weighted by Crippen LogP contribution is -2.40. The summed E-state index contributed by atoms with van der Waals surface area (Å²) in [6.45, 7) is 3.61. The molecule has 2 aromatic carbocycles. The maximum absolute atomic E-state index is 13.8. The van der Waals surface area contributed by atoms with Gasteiger partial charge in [-0.15, -0.1) is 11.8 Å². The van der Waals surface area contributed by atoms with Crippen molar-refractivity contribution < 1.29 is 9.53 Å². The molecule has 5 nitrogen and oxygen atoms in total. The molecule has 2 saturated carbocycles. The zero-order chi connectivity index (χ0) is 27.7. The Hall–Kier alpha value is -2.02. The predicted octanol–water partition coefficient (Wildman–Crippen LogP) is 7.55. The van der Waals surface area contributed by atoms with Crippen molar-refractivity contribution in [2.75, 3.05) is 45.2 Å². The van der Waals surface area contributed by atoms with Gasteiger partial charge >= 0.3 is 0 Å². The first-order valence-electron chi connectivity index (χ1n) is 15.8. The summed E-state index contributed by atoms with van der Waals surface area (Å²) >= 11 is 1.68. The SMILES string of the molecule is CN(CCCOc1ccc(C2Sc3ccccc3N(CCCN(C)C3CCCCC3)C2=O)cc1)C1CCCCC1. The van der Waals surface area contributed by atoms with E-state index in [4.69, 9.17) is 4.74 Å². The molecule has 1 atom stereocenters. The third-order valence-corrected chi connectivity index (χ3v) is 10.6. The molecule has 1 aliphatic heterocycles. The molecule has 0 N–H and O–H groups in total. The zero-order valence-corrected chi connectivity index (χ0v) is 25.5. The number of anilines is 1. The molecule has 40 heavy (non-hydrogen) atoms. The molecule has 0 saturated heterocycles. The van der Waals surface area contributed by atoms with Crippen molar-refractivity contribution in [1.29, 1.82) is 0 Å². The summed E-state index contributed by atoms with van der Waals surface area (Å²) in [5.74, 6) is 1.09. The van der Waals surface area contributed by atoms with Crippen LogP contribution in [0.4, 0.5) is 5.69 Å². The second kappa shape index (κ2) is 14.7. The Kier molecular flexibility index (Phi) is 10.9. The fraction of sp³-hybridized carbons (Fsp3) is 0.618. The van der Waals surface area contributed by atoms with Gasteiger partial charge in [0.2, 0.25) is 5.91 Å². The van der Waals surface area contributed by atoms with E-state index >= 15 is 0 Å². The number of rotatable bonds is 12. The Morgan fingerprint density at radius 1 is 0.800 bits per heavy atom. The highest BCUT2D eigenvalue weighted by Gasteiger charge is 2.34. The molecule has 1 amide bonds. The van der Waals surface area contributed by atoms with Crippen LogP contribution in [0.5, 0.6) is 5.75 Å². The van der Waals surface area contributed by atoms with E-state index in [0.717, 1.165) is 62.1 Å². The average molecular weight is 564 g/mol.